The van der Waals surface area contributed by atoms with Crippen molar-refractivity contribution < 1.29 is 14.3 Å². The molecule has 4 rings (SSSR count). The Morgan fingerprint density at radius 2 is 2.17 bits per heavy atom. The van der Waals surface area contributed by atoms with Crippen LogP contribution in [0.5, 0.6) is 0 Å². The topological polar surface area (TPSA) is 65.7 Å². The summed E-state index contributed by atoms with van der Waals surface area (Å²) in [4.78, 5) is 12.5. The molecule has 0 aliphatic heterocycles. The van der Waals surface area contributed by atoms with Crippen molar-refractivity contribution in [1.82, 2.24) is 14.6 Å². The second-order valence-electron chi connectivity index (χ2n) is 6.55. The normalized spacial score (nSPS) is 25.1. The summed E-state index contributed by atoms with van der Waals surface area (Å²) in [6.07, 6.45) is 6.19. The number of fused-ring (bicyclic) bond motifs is 1. The third-order valence-corrected chi connectivity index (χ3v) is 5.42. The number of esters is 1. The number of aryl methyl sites for hydroxylation is 1. The zero-order valence-electron chi connectivity index (χ0n) is 13.5. The fraction of sp³-hybridized carbons (Fsp3) is 0.588. The summed E-state index contributed by atoms with van der Waals surface area (Å²) < 4.78 is 13.4. The number of nitrogens with zero attached hydrogens (tertiary/aromatic N) is 3. The molecule has 0 unspecified atom stereocenters. The minimum absolute atomic E-state index is 0.0157. The van der Waals surface area contributed by atoms with E-state index in [9.17, 15) is 4.79 Å². The average Bonchev–Trinajstić information content (AvgIpc) is 2.85. The predicted octanol–water partition coefficient (Wildman–Crippen LogP) is 2.54. The summed E-state index contributed by atoms with van der Waals surface area (Å²) in [5.41, 5.74) is 1.34. The van der Waals surface area contributed by atoms with Crippen LogP contribution < -0.4 is 0 Å². The SMILES string of the molecule is CCO[C@H]1C[C@H](OC(=O)c2ccc3nnc(C)n3c2)C12CCC2. The Morgan fingerprint density at radius 3 is 2.87 bits per heavy atom. The molecule has 2 aromatic rings. The number of aromatic nitrogens is 3. The van der Waals surface area contributed by atoms with Gasteiger partial charge in [-0.25, -0.2) is 4.79 Å². The van der Waals surface area contributed by atoms with Crippen LogP contribution in [0.15, 0.2) is 18.3 Å². The monoisotopic (exact) mass is 315 g/mol. The van der Waals surface area contributed by atoms with Gasteiger partial charge in [0.25, 0.3) is 0 Å². The first-order valence-electron chi connectivity index (χ1n) is 8.28. The second kappa shape index (κ2) is 5.30. The summed E-state index contributed by atoms with van der Waals surface area (Å²) in [6.45, 7) is 4.59. The van der Waals surface area contributed by atoms with Crippen molar-refractivity contribution >= 4 is 11.6 Å². The van der Waals surface area contributed by atoms with Gasteiger partial charge >= 0.3 is 5.97 Å². The van der Waals surface area contributed by atoms with E-state index in [1.807, 2.05) is 13.8 Å². The lowest BCUT2D eigenvalue weighted by Gasteiger charge is -2.59. The molecule has 0 aromatic carbocycles. The van der Waals surface area contributed by atoms with Gasteiger partial charge in [-0.3, -0.25) is 4.40 Å². The summed E-state index contributed by atoms with van der Waals surface area (Å²) in [5.74, 6) is 0.483. The molecule has 6 nitrogen and oxygen atoms in total. The van der Waals surface area contributed by atoms with Crippen molar-refractivity contribution in [3.05, 3.63) is 29.7 Å². The number of hydrogen-bond donors (Lipinski definition) is 0. The van der Waals surface area contributed by atoms with Crippen LogP contribution in [0.3, 0.4) is 0 Å². The molecule has 6 heteroatoms. The van der Waals surface area contributed by atoms with Crippen LogP contribution in [0.25, 0.3) is 5.65 Å². The Morgan fingerprint density at radius 1 is 1.35 bits per heavy atom. The molecule has 0 saturated heterocycles. The van der Waals surface area contributed by atoms with E-state index in [0.29, 0.717) is 5.56 Å². The number of rotatable bonds is 4. The van der Waals surface area contributed by atoms with Gasteiger partial charge < -0.3 is 9.47 Å². The largest absolute Gasteiger partial charge is 0.458 e. The van der Waals surface area contributed by atoms with Gasteiger partial charge in [0.05, 0.1) is 11.7 Å². The van der Waals surface area contributed by atoms with E-state index in [4.69, 9.17) is 9.47 Å². The van der Waals surface area contributed by atoms with Crippen molar-refractivity contribution in [1.29, 1.82) is 0 Å². The van der Waals surface area contributed by atoms with Crippen molar-refractivity contribution in [2.24, 2.45) is 5.41 Å². The molecular formula is C17H21N3O3. The molecule has 23 heavy (non-hydrogen) atoms. The Hall–Kier alpha value is -1.95. The molecule has 0 N–H and O–H groups in total. The van der Waals surface area contributed by atoms with Gasteiger partial charge in [0.2, 0.25) is 0 Å². The molecule has 0 bridgehead atoms. The first-order valence-corrected chi connectivity index (χ1v) is 8.28. The third kappa shape index (κ3) is 2.16. The Kier molecular flexibility index (Phi) is 3.37. The lowest BCUT2D eigenvalue weighted by molar-refractivity contribution is -0.225. The Labute approximate surface area is 134 Å². The van der Waals surface area contributed by atoms with Gasteiger partial charge in [-0.1, -0.05) is 6.42 Å². The molecule has 2 heterocycles. The number of ether oxygens (including phenoxy) is 2. The summed E-state index contributed by atoms with van der Waals surface area (Å²) in [5, 5.41) is 8.03. The molecule has 0 radical (unpaired) electrons. The maximum Gasteiger partial charge on any atom is 0.339 e. The van der Waals surface area contributed by atoms with Crippen LogP contribution in [0.2, 0.25) is 0 Å². The summed E-state index contributed by atoms with van der Waals surface area (Å²) >= 11 is 0. The smallest absolute Gasteiger partial charge is 0.339 e. The molecule has 1 spiro atoms. The van der Waals surface area contributed by atoms with E-state index in [0.717, 1.165) is 37.3 Å². The van der Waals surface area contributed by atoms with Crippen molar-refractivity contribution in [2.75, 3.05) is 6.61 Å². The second-order valence-corrected chi connectivity index (χ2v) is 6.55. The van der Waals surface area contributed by atoms with Gasteiger partial charge in [0.1, 0.15) is 11.9 Å². The first kappa shape index (κ1) is 14.6. The molecule has 2 atom stereocenters. The van der Waals surface area contributed by atoms with Crippen LogP contribution in [0, 0.1) is 12.3 Å². The maximum atomic E-state index is 12.5. The minimum atomic E-state index is -0.272. The van der Waals surface area contributed by atoms with E-state index in [1.54, 1.807) is 22.7 Å². The van der Waals surface area contributed by atoms with Gasteiger partial charge in [-0.15, -0.1) is 10.2 Å². The Balaban J connectivity index is 1.50. The number of pyridine rings is 1. The molecular weight excluding hydrogens is 294 g/mol. The van der Waals surface area contributed by atoms with E-state index in [1.165, 1.54) is 6.42 Å². The standard InChI is InChI=1S/C17H21N3O3/c1-3-22-13-9-14(17(13)7-4-8-17)23-16(21)12-5-6-15-19-18-11(2)20(15)10-12/h5-6,10,13-14H,3-4,7-9H2,1-2H3/t13-,14-/m0/s1. The quantitative estimate of drug-likeness (QED) is 0.811. The highest BCUT2D eigenvalue weighted by atomic mass is 16.6. The highest BCUT2D eigenvalue weighted by Crippen LogP contribution is 2.58. The van der Waals surface area contributed by atoms with E-state index >= 15 is 0 Å². The lowest BCUT2D eigenvalue weighted by atomic mass is 9.52. The minimum Gasteiger partial charge on any atom is -0.458 e. The highest BCUT2D eigenvalue weighted by Gasteiger charge is 2.61. The fourth-order valence-electron chi connectivity index (χ4n) is 3.86. The van der Waals surface area contributed by atoms with Crippen molar-refractivity contribution in [3.8, 4) is 0 Å². The van der Waals surface area contributed by atoms with E-state index < -0.39 is 0 Å². The van der Waals surface area contributed by atoms with E-state index in [2.05, 4.69) is 10.2 Å². The molecule has 2 aromatic heterocycles. The van der Waals surface area contributed by atoms with Gasteiger partial charge in [0.15, 0.2) is 5.65 Å². The maximum absolute atomic E-state index is 12.5. The molecule has 2 aliphatic rings. The Bertz CT molecular complexity index is 751. The van der Waals surface area contributed by atoms with Crippen LogP contribution in [0.1, 0.15) is 48.8 Å². The lowest BCUT2D eigenvalue weighted by Crippen LogP contribution is -2.63. The molecule has 2 fully saturated rings. The zero-order valence-corrected chi connectivity index (χ0v) is 13.5. The average molecular weight is 315 g/mol. The van der Waals surface area contributed by atoms with Gasteiger partial charge in [-0.2, -0.15) is 0 Å². The van der Waals surface area contributed by atoms with Crippen LogP contribution in [-0.4, -0.2) is 39.4 Å². The molecule has 0 amide bonds. The van der Waals surface area contributed by atoms with Crippen molar-refractivity contribution in [2.45, 2.75) is 51.7 Å². The molecule has 2 saturated carbocycles. The number of hydrogen-bond acceptors (Lipinski definition) is 5. The fourth-order valence-corrected chi connectivity index (χ4v) is 3.86. The predicted molar refractivity (Wildman–Crippen MR) is 83.2 cm³/mol. The van der Waals surface area contributed by atoms with Crippen LogP contribution >= 0.6 is 0 Å². The number of carbonyl (C=O) groups is 1. The van der Waals surface area contributed by atoms with Crippen LogP contribution in [0.4, 0.5) is 0 Å². The first-order chi connectivity index (χ1) is 11.1. The molecule has 122 valence electrons. The van der Waals surface area contributed by atoms with Crippen molar-refractivity contribution in [3.63, 3.8) is 0 Å². The molecule has 2 aliphatic carbocycles. The third-order valence-electron chi connectivity index (χ3n) is 5.42. The summed E-state index contributed by atoms with van der Waals surface area (Å²) in [7, 11) is 0. The number of carbonyl (C=O) groups excluding carboxylic acids is 1. The highest BCUT2D eigenvalue weighted by molar-refractivity contribution is 5.89. The van der Waals surface area contributed by atoms with Gasteiger partial charge in [0, 0.05) is 24.6 Å². The van der Waals surface area contributed by atoms with E-state index in [-0.39, 0.29) is 23.6 Å². The zero-order chi connectivity index (χ0) is 16.0. The summed E-state index contributed by atoms with van der Waals surface area (Å²) in [6, 6.07) is 3.54. The van der Waals surface area contributed by atoms with Crippen LogP contribution in [-0.2, 0) is 9.47 Å². The van der Waals surface area contributed by atoms with Gasteiger partial charge in [-0.05, 0) is 38.8 Å².